The topological polar surface area (TPSA) is 877 Å². The van der Waals surface area contributed by atoms with E-state index in [1.807, 2.05) is 0 Å². The van der Waals surface area contributed by atoms with Crippen LogP contribution in [0, 0.1) is 0 Å². The van der Waals surface area contributed by atoms with E-state index in [4.69, 9.17) is 61.6 Å². The fourth-order valence-corrected chi connectivity index (χ4v) is 13.2. The van der Waals surface area contributed by atoms with Crippen molar-refractivity contribution in [2.75, 3.05) is 13.2 Å². The number of phenolic OH excluding ortho intramolecular Hbond substituents is 29. The first-order valence-corrected chi connectivity index (χ1v) is 36.9. The predicted molar refractivity (Wildman–Crippen MR) is 416 cm³/mol. The Kier molecular flexibility index (Phi) is 24.5. The van der Waals surface area contributed by atoms with Gasteiger partial charge in [0, 0.05) is 23.3 Å². The van der Waals surface area contributed by atoms with Crippen LogP contribution in [0.1, 0.15) is 104 Å². The standard InChI is InChI=1S/C82H60O52/c83-30-1-20(2-31(84)52(30)99)71(112)122-18-47-66(68(130-73(114)22-5-34(87)54(101)35(88)6-22)70(132-75(116)24-9-38(91)56(103)39(92)10-24)81(125-47)133-76(117)25-11-40(93)57(104)41(94)12-25)128-80(121)29-17-46(61(108)64(111)51(29)98)124-45-16-28-50(63(110)60(45)107)49-27(15-44(97)59(106)62(49)109)79(120)127-65-48(19-123-78(28)119)126-82(134-77(118)26-13-42(95)58(105)43(96)14-26)69(131-74(115)23-7-36(89)55(102)37(90)8-23)67(65)129-72(113)21-3-32(85)53(100)33(86)4-21/h1-17,47-48,65-70,81-111H,18-19H2. The lowest BCUT2D eigenvalue weighted by atomic mass is 9.91. The molecule has 52 heteroatoms. The second-order valence-corrected chi connectivity index (χ2v) is 28.4. The molecule has 0 saturated carbocycles. The van der Waals surface area contributed by atoms with Crippen LogP contribution in [0.15, 0.2) is 103 Å². The lowest BCUT2D eigenvalue weighted by Crippen LogP contribution is -2.63. The minimum Gasteiger partial charge on any atom is -0.504 e. The first-order chi connectivity index (χ1) is 63.0. The van der Waals surface area contributed by atoms with Crippen LogP contribution in [0.4, 0.5) is 0 Å². The number of carbonyl (C=O) groups is 10. The Bertz CT molecular complexity index is 6470. The van der Waals surface area contributed by atoms with Crippen molar-refractivity contribution >= 4 is 59.7 Å². The lowest BCUT2D eigenvalue weighted by Gasteiger charge is -2.43. The van der Waals surface area contributed by atoms with Gasteiger partial charge in [0.2, 0.25) is 47.8 Å². The molecular weight excluding hydrogens is 1820 g/mol. The normalized spacial score (nSPS) is 18.4. The zero-order chi connectivity index (χ0) is 98.0. The molecule has 10 aromatic carbocycles. The van der Waals surface area contributed by atoms with Crippen LogP contribution in [0.2, 0.25) is 0 Å². The van der Waals surface area contributed by atoms with Gasteiger partial charge in [-0.3, -0.25) is 0 Å². The summed E-state index contributed by atoms with van der Waals surface area (Å²) in [4.78, 5) is 146. The van der Waals surface area contributed by atoms with Crippen LogP contribution in [-0.2, 0) is 56.8 Å². The lowest BCUT2D eigenvalue weighted by molar-refractivity contribution is -0.283. The number of hydrogen-bond acceptors (Lipinski definition) is 52. The van der Waals surface area contributed by atoms with Crippen LogP contribution >= 0.6 is 0 Å². The zero-order valence-electron chi connectivity index (χ0n) is 65.9. The summed E-state index contributed by atoms with van der Waals surface area (Å²) in [6.07, 6.45) is -28.2. The van der Waals surface area contributed by atoms with Gasteiger partial charge in [0.1, 0.15) is 31.0 Å². The highest BCUT2D eigenvalue weighted by atomic mass is 16.8. The number of rotatable bonds is 19. The highest BCUT2D eigenvalue weighted by Gasteiger charge is 2.58. The Morgan fingerprint density at radius 1 is 0.269 bits per heavy atom. The summed E-state index contributed by atoms with van der Waals surface area (Å²) in [7, 11) is 0. The van der Waals surface area contributed by atoms with Crippen molar-refractivity contribution in [2.24, 2.45) is 0 Å². The summed E-state index contributed by atoms with van der Waals surface area (Å²) >= 11 is 0. The average Bonchev–Trinajstić information content (AvgIpc) is 1.51. The van der Waals surface area contributed by atoms with Crippen molar-refractivity contribution in [1.29, 1.82) is 0 Å². The Hall–Kier alpha value is -19.2. The van der Waals surface area contributed by atoms with Gasteiger partial charge in [-0.1, -0.05) is 0 Å². The molecule has 3 aliphatic rings. The molecule has 0 spiro atoms. The van der Waals surface area contributed by atoms with Crippen molar-refractivity contribution in [2.45, 2.75) is 61.4 Å². The number of benzene rings is 10. The molecule has 0 amide bonds. The molecule has 52 nitrogen and oxygen atoms in total. The number of aromatic hydroxyl groups is 29. The third-order valence-electron chi connectivity index (χ3n) is 19.8. The summed E-state index contributed by atoms with van der Waals surface area (Å²) in [6.45, 7) is -3.25. The predicted octanol–water partition coefficient (Wildman–Crippen LogP) is 3.75. The summed E-state index contributed by atoms with van der Waals surface area (Å²) < 4.78 is 73.8. The van der Waals surface area contributed by atoms with Crippen LogP contribution in [0.25, 0.3) is 11.1 Å². The summed E-state index contributed by atoms with van der Waals surface area (Å²) in [6, 6.07) is 6.31. The van der Waals surface area contributed by atoms with Gasteiger partial charge >= 0.3 is 59.7 Å². The Balaban J connectivity index is 0.932. The van der Waals surface area contributed by atoms with E-state index in [9.17, 15) is 182 Å². The van der Waals surface area contributed by atoms with E-state index in [0.717, 1.165) is 0 Å². The summed E-state index contributed by atoms with van der Waals surface area (Å²) in [5.74, 6) is -63.3. The largest absolute Gasteiger partial charge is 0.504 e. The Morgan fingerprint density at radius 3 is 0.940 bits per heavy atom. The van der Waals surface area contributed by atoms with Gasteiger partial charge < -0.3 is 210 Å². The van der Waals surface area contributed by atoms with E-state index in [-0.39, 0.29) is 18.2 Å². The number of ether oxygens (including phenoxy) is 13. The van der Waals surface area contributed by atoms with Crippen molar-refractivity contribution in [3.05, 3.63) is 159 Å². The second kappa shape index (κ2) is 35.6. The number of cyclic esters (lactones) is 1. The van der Waals surface area contributed by atoms with Gasteiger partial charge in [-0.15, -0.1) is 0 Å². The Morgan fingerprint density at radius 2 is 0.560 bits per heavy atom. The van der Waals surface area contributed by atoms with E-state index in [0.29, 0.717) is 84.9 Å². The Labute approximate surface area is 737 Å². The first kappa shape index (κ1) is 92.5. The van der Waals surface area contributed by atoms with Crippen LogP contribution in [-0.4, -0.2) is 282 Å². The number of esters is 10. The molecule has 10 atom stereocenters. The SMILES string of the molecule is O=C(OCC1OC(OC(=O)c2cc(O)c(O)c(O)c2)C(OC(=O)c2cc(O)c(O)c(O)c2)C(OC(=O)c2cc(O)c(O)c(O)c2)C1OC(=O)c1cc(Oc2cc3c(c(O)c2O)-c2c(cc(O)c(O)c2O)C(=O)OC2C(COC3=O)OC(OC(=O)c3cc(O)c(O)c(O)c3)C(OC(=O)c3cc(O)c(O)c(O)c3)C2OC(=O)c2cc(O)c(O)c(O)c2)c(O)c(O)c1O)c1cc(O)c(O)c(O)c1. The maximum Gasteiger partial charge on any atom is 0.342 e. The molecule has 700 valence electrons. The zero-order valence-corrected chi connectivity index (χ0v) is 65.9. The van der Waals surface area contributed by atoms with E-state index >= 15 is 14.4 Å². The van der Waals surface area contributed by atoms with Gasteiger partial charge in [-0.05, 0) is 91.0 Å². The van der Waals surface area contributed by atoms with Crippen molar-refractivity contribution in [3.8, 4) is 189 Å². The molecule has 0 aromatic heterocycles. The molecule has 2 fully saturated rings. The van der Waals surface area contributed by atoms with Crippen LogP contribution in [0.5, 0.6) is 178 Å². The molecule has 13 rings (SSSR count). The molecular formula is C82H60O52. The summed E-state index contributed by atoms with van der Waals surface area (Å²) in [5.41, 5.74) is -14.3. The number of phenols is 29. The van der Waals surface area contributed by atoms with E-state index in [1.54, 1.807) is 0 Å². The molecule has 134 heavy (non-hydrogen) atoms. The van der Waals surface area contributed by atoms with Crippen molar-refractivity contribution < 1.29 is 258 Å². The third-order valence-corrected chi connectivity index (χ3v) is 19.8. The van der Waals surface area contributed by atoms with Crippen LogP contribution in [0.3, 0.4) is 0 Å². The van der Waals surface area contributed by atoms with Gasteiger partial charge in [0.05, 0.1) is 50.1 Å². The molecule has 29 N–H and O–H groups in total. The number of hydrogen-bond donors (Lipinski definition) is 29. The average molecular weight is 1880 g/mol. The molecule has 10 unspecified atom stereocenters. The van der Waals surface area contributed by atoms with E-state index in [1.165, 1.54) is 0 Å². The maximum absolute atomic E-state index is 15.3. The third kappa shape index (κ3) is 17.6. The van der Waals surface area contributed by atoms with Gasteiger partial charge in [0.25, 0.3) is 0 Å². The quantitative estimate of drug-likeness (QED) is 0.0311. The minimum absolute atomic E-state index is 0.103. The number of carbonyl (C=O) groups excluding carboxylic acids is 10. The van der Waals surface area contributed by atoms with Crippen molar-refractivity contribution in [3.63, 3.8) is 0 Å². The van der Waals surface area contributed by atoms with Gasteiger partial charge in [0.15, 0.2) is 180 Å². The molecule has 2 saturated heterocycles. The summed E-state index contributed by atoms with van der Waals surface area (Å²) in [5, 5.41) is 311. The monoisotopic (exact) mass is 1880 g/mol. The minimum atomic E-state index is -2.98. The molecule has 0 aliphatic carbocycles. The highest BCUT2D eigenvalue weighted by Crippen LogP contribution is 2.57. The number of fused-ring (bicyclic) bond motifs is 4. The molecule has 0 bridgehead atoms. The highest BCUT2D eigenvalue weighted by molar-refractivity contribution is 6.09. The smallest absolute Gasteiger partial charge is 0.342 e. The van der Waals surface area contributed by atoms with Gasteiger partial charge in [-0.25, -0.2) is 47.9 Å². The van der Waals surface area contributed by atoms with Crippen molar-refractivity contribution in [1.82, 2.24) is 0 Å². The van der Waals surface area contributed by atoms with E-state index in [2.05, 4.69) is 0 Å². The molecule has 3 aliphatic heterocycles. The maximum atomic E-state index is 15.3. The molecule has 0 radical (unpaired) electrons. The van der Waals surface area contributed by atoms with Crippen LogP contribution < -0.4 is 4.74 Å². The second-order valence-electron chi connectivity index (χ2n) is 28.4. The molecule has 10 aromatic rings. The first-order valence-electron chi connectivity index (χ1n) is 36.9. The van der Waals surface area contributed by atoms with Gasteiger partial charge in [-0.2, -0.15) is 0 Å². The molecule has 3 heterocycles. The van der Waals surface area contributed by atoms with E-state index < -0.39 is 379 Å². The fraction of sp³-hybridized carbons (Fsp3) is 0.146. The fourth-order valence-electron chi connectivity index (χ4n) is 13.2.